The van der Waals surface area contributed by atoms with Gasteiger partial charge in [0, 0.05) is 11.6 Å². The second-order valence-corrected chi connectivity index (χ2v) is 6.14. The molecular weight excluding hydrogens is 302 g/mol. The summed E-state index contributed by atoms with van der Waals surface area (Å²) in [5.41, 5.74) is 3.19. The molecule has 0 bridgehead atoms. The summed E-state index contributed by atoms with van der Waals surface area (Å²) in [4.78, 5) is 11.9. The lowest BCUT2D eigenvalue weighted by Crippen LogP contribution is -2.35. The van der Waals surface area contributed by atoms with Crippen LogP contribution in [0.25, 0.3) is 5.76 Å². The van der Waals surface area contributed by atoms with Crippen molar-refractivity contribution < 1.29 is 14.6 Å². The Morgan fingerprint density at radius 2 is 2.25 bits per heavy atom. The number of aliphatic hydroxyl groups excluding tert-OH is 1. The highest BCUT2D eigenvalue weighted by molar-refractivity contribution is 5.69. The molecule has 1 aromatic carbocycles. The minimum absolute atomic E-state index is 0.0204. The van der Waals surface area contributed by atoms with E-state index in [-0.39, 0.29) is 12.1 Å². The van der Waals surface area contributed by atoms with Gasteiger partial charge in [-0.15, -0.1) is 6.58 Å². The van der Waals surface area contributed by atoms with E-state index in [4.69, 9.17) is 4.74 Å². The van der Waals surface area contributed by atoms with Gasteiger partial charge in [-0.1, -0.05) is 37.6 Å². The highest BCUT2D eigenvalue weighted by Gasteiger charge is 2.26. The number of aliphatic hydroxyl groups is 1. The van der Waals surface area contributed by atoms with Crippen LogP contribution in [0.4, 0.5) is 4.79 Å². The van der Waals surface area contributed by atoms with Crippen LogP contribution in [0, 0.1) is 0 Å². The average Bonchev–Trinajstić information content (AvgIpc) is 2.98. The second kappa shape index (κ2) is 9.16. The Kier molecular flexibility index (Phi) is 6.91. The van der Waals surface area contributed by atoms with Gasteiger partial charge in [0.25, 0.3) is 0 Å². The molecule has 0 aliphatic heterocycles. The summed E-state index contributed by atoms with van der Waals surface area (Å²) in [6.45, 7) is 6.13. The highest BCUT2D eigenvalue weighted by Crippen LogP contribution is 2.29. The third kappa shape index (κ3) is 4.88. The zero-order valence-electron chi connectivity index (χ0n) is 14.4. The molecular formula is C20H27NO3. The van der Waals surface area contributed by atoms with Crippen molar-refractivity contribution in [2.75, 3.05) is 6.61 Å². The van der Waals surface area contributed by atoms with Crippen LogP contribution in [-0.2, 0) is 17.6 Å². The van der Waals surface area contributed by atoms with Crippen LogP contribution in [-0.4, -0.2) is 23.8 Å². The first kappa shape index (κ1) is 18.1. The fourth-order valence-electron chi connectivity index (χ4n) is 2.98. The predicted molar refractivity (Wildman–Crippen MR) is 97.1 cm³/mol. The van der Waals surface area contributed by atoms with Crippen LogP contribution in [0.1, 0.15) is 49.3 Å². The van der Waals surface area contributed by atoms with Gasteiger partial charge in [0.05, 0.1) is 6.61 Å². The summed E-state index contributed by atoms with van der Waals surface area (Å²) in [7, 11) is 0. The molecule has 1 aliphatic rings. The lowest BCUT2D eigenvalue weighted by atomic mass is 10.0. The van der Waals surface area contributed by atoms with Crippen molar-refractivity contribution in [2.24, 2.45) is 0 Å². The molecule has 0 saturated carbocycles. The monoisotopic (exact) mass is 329 g/mol. The molecule has 1 unspecified atom stereocenters. The molecule has 2 N–H and O–H groups in total. The largest absolute Gasteiger partial charge is 0.508 e. The zero-order valence-corrected chi connectivity index (χ0v) is 14.4. The molecule has 1 atom stereocenters. The van der Waals surface area contributed by atoms with Crippen LogP contribution in [0.15, 0.2) is 36.9 Å². The molecule has 130 valence electrons. The molecule has 1 amide bonds. The second-order valence-electron chi connectivity index (χ2n) is 6.14. The quantitative estimate of drug-likeness (QED) is 0.418. The maximum atomic E-state index is 11.9. The van der Waals surface area contributed by atoms with Crippen LogP contribution in [0.2, 0.25) is 0 Å². The number of benzene rings is 1. The van der Waals surface area contributed by atoms with E-state index in [1.54, 1.807) is 0 Å². The molecule has 0 radical (unpaired) electrons. The van der Waals surface area contributed by atoms with Gasteiger partial charge in [0.15, 0.2) is 0 Å². The first-order valence-corrected chi connectivity index (χ1v) is 8.70. The van der Waals surface area contributed by atoms with E-state index in [1.165, 1.54) is 5.56 Å². The van der Waals surface area contributed by atoms with Gasteiger partial charge in [0.1, 0.15) is 5.76 Å². The third-order valence-corrected chi connectivity index (χ3v) is 4.20. The SMILES string of the molecule is C=CCCCOC(=O)NC1Cc2cccc(C(O)=CCCC)c2C1. The van der Waals surface area contributed by atoms with Crippen molar-refractivity contribution in [3.8, 4) is 0 Å². The van der Waals surface area contributed by atoms with E-state index >= 15 is 0 Å². The Labute approximate surface area is 144 Å². The van der Waals surface area contributed by atoms with Crippen LogP contribution >= 0.6 is 0 Å². The van der Waals surface area contributed by atoms with E-state index in [2.05, 4.69) is 24.9 Å². The number of amides is 1. The summed E-state index contributed by atoms with van der Waals surface area (Å²) in [6, 6.07) is 5.98. The average molecular weight is 329 g/mol. The van der Waals surface area contributed by atoms with Gasteiger partial charge in [-0.3, -0.25) is 0 Å². The van der Waals surface area contributed by atoms with Crippen molar-refractivity contribution >= 4 is 11.9 Å². The number of fused-ring (bicyclic) bond motifs is 1. The fourth-order valence-corrected chi connectivity index (χ4v) is 2.98. The summed E-state index contributed by atoms with van der Waals surface area (Å²) in [6.07, 6.45) is 8.29. The molecule has 2 rings (SSSR count). The van der Waals surface area contributed by atoms with E-state index in [9.17, 15) is 9.90 Å². The predicted octanol–water partition coefficient (Wildman–Crippen LogP) is 4.55. The first-order valence-electron chi connectivity index (χ1n) is 8.70. The standard InChI is InChI=1S/C20H27NO3/c1-3-5-7-12-24-20(23)21-16-13-15-9-8-10-17(18(15)14-16)19(22)11-6-4-2/h3,8-11,16,22H,1,4-7,12-14H2,2H3,(H,21,23). The number of unbranched alkanes of at least 4 members (excludes halogenated alkanes) is 2. The van der Waals surface area contributed by atoms with Crippen LogP contribution in [0.3, 0.4) is 0 Å². The minimum atomic E-state index is -0.371. The maximum Gasteiger partial charge on any atom is 0.407 e. The number of allylic oxidation sites excluding steroid dienone is 2. The summed E-state index contributed by atoms with van der Waals surface area (Å²) in [5, 5.41) is 13.2. The number of alkyl carbamates (subject to hydrolysis) is 1. The topological polar surface area (TPSA) is 58.6 Å². The summed E-state index contributed by atoms with van der Waals surface area (Å²) < 4.78 is 5.18. The molecule has 0 heterocycles. The third-order valence-electron chi connectivity index (χ3n) is 4.20. The van der Waals surface area contributed by atoms with Gasteiger partial charge in [0.2, 0.25) is 0 Å². The normalized spacial score (nSPS) is 16.5. The molecule has 4 nitrogen and oxygen atoms in total. The van der Waals surface area contributed by atoms with Crippen molar-refractivity contribution in [2.45, 2.75) is 51.5 Å². The number of rotatable bonds is 8. The van der Waals surface area contributed by atoms with Gasteiger partial charge in [-0.25, -0.2) is 4.79 Å². The number of hydrogen-bond acceptors (Lipinski definition) is 3. The smallest absolute Gasteiger partial charge is 0.407 e. The van der Waals surface area contributed by atoms with E-state index in [0.717, 1.165) is 49.7 Å². The zero-order chi connectivity index (χ0) is 17.4. The van der Waals surface area contributed by atoms with Crippen molar-refractivity contribution in [1.29, 1.82) is 0 Å². The Hall–Kier alpha value is -2.23. The van der Waals surface area contributed by atoms with Crippen LogP contribution in [0.5, 0.6) is 0 Å². The number of carbonyl (C=O) groups excluding carboxylic acids is 1. The van der Waals surface area contributed by atoms with Gasteiger partial charge >= 0.3 is 6.09 Å². The lowest BCUT2D eigenvalue weighted by Gasteiger charge is -2.12. The Morgan fingerprint density at radius 1 is 1.42 bits per heavy atom. The summed E-state index contributed by atoms with van der Waals surface area (Å²) in [5.74, 6) is 0.335. The van der Waals surface area contributed by atoms with E-state index in [0.29, 0.717) is 12.4 Å². The molecule has 0 saturated heterocycles. The Morgan fingerprint density at radius 3 is 3.00 bits per heavy atom. The maximum absolute atomic E-state index is 11.9. The molecule has 1 aliphatic carbocycles. The van der Waals surface area contributed by atoms with Gasteiger partial charge in [-0.05, 0) is 49.3 Å². The van der Waals surface area contributed by atoms with Crippen LogP contribution < -0.4 is 5.32 Å². The van der Waals surface area contributed by atoms with Gasteiger partial charge < -0.3 is 15.2 Å². The molecule has 0 spiro atoms. The molecule has 0 aromatic heterocycles. The molecule has 24 heavy (non-hydrogen) atoms. The van der Waals surface area contributed by atoms with E-state index < -0.39 is 0 Å². The molecule has 4 heteroatoms. The lowest BCUT2D eigenvalue weighted by molar-refractivity contribution is 0.141. The van der Waals surface area contributed by atoms with Crippen molar-refractivity contribution in [3.05, 3.63) is 53.6 Å². The molecule has 0 fully saturated rings. The number of nitrogens with one attached hydrogen (secondary N) is 1. The highest BCUT2D eigenvalue weighted by atomic mass is 16.5. The van der Waals surface area contributed by atoms with Gasteiger partial charge in [-0.2, -0.15) is 0 Å². The minimum Gasteiger partial charge on any atom is -0.508 e. The van der Waals surface area contributed by atoms with E-state index in [1.807, 2.05) is 24.3 Å². The Bertz CT molecular complexity index is 607. The molecule has 1 aromatic rings. The fraction of sp³-hybridized carbons (Fsp3) is 0.450. The van der Waals surface area contributed by atoms with Crippen molar-refractivity contribution in [1.82, 2.24) is 5.32 Å². The number of ether oxygens (including phenoxy) is 1. The van der Waals surface area contributed by atoms with Crippen molar-refractivity contribution in [3.63, 3.8) is 0 Å². The Balaban J connectivity index is 1.94. The summed E-state index contributed by atoms with van der Waals surface area (Å²) >= 11 is 0. The first-order chi connectivity index (χ1) is 11.7. The number of hydrogen-bond donors (Lipinski definition) is 2. The number of carbonyl (C=O) groups is 1.